The third-order valence-electron chi connectivity index (χ3n) is 2.47. The van der Waals surface area contributed by atoms with Crippen molar-refractivity contribution >= 4 is 22.7 Å². The van der Waals surface area contributed by atoms with Gasteiger partial charge >= 0.3 is 0 Å². The maximum Gasteiger partial charge on any atom is 0.134 e. The van der Waals surface area contributed by atoms with Crippen molar-refractivity contribution in [2.24, 2.45) is 5.84 Å². The van der Waals surface area contributed by atoms with Crippen LogP contribution < -0.4 is 16.0 Å². The molecule has 0 radical (unpaired) electrons. The molecule has 2 heterocycles. The fourth-order valence-corrected chi connectivity index (χ4v) is 3.22. The van der Waals surface area contributed by atoms with Crippen LogP contribution in [0.15, 0.2) is 16.8 Å². The molecule has 2 aromatic heterocycles. The van der Waals surface area contributed by atoms with Gasteiger partial charge in [0.15, 0.2) is 0 Å². The minimum absolute atomic E-state index is 0.0476. The summed E-state index contributed by atoms with van der Waals surface area (Å²) in [6, 6.07) is 2.00. The van der Waals surface area contributed by atoms with Crippen molar-refractivity contribution in [3.05, 3.63) is 32.4 Å². The van der Waals surface area contributed by atoms with E-state index < -0.39 is 0 Å². The first kappa shape index (κ1) is 12.5. The number of aryl methyl sites for hydroxylation is 1. The Morgan fingerprint density at radius 1 is 1.53 bits per heavy atom. The molecule has 0 aromatic carbocycles. The number of nitrogens with one attached hydrogen (secondary N) is 1. The van der Waals surface area contributed by atoms with Gasteiger partial charge < -0.3 is 4.74 Å². The van der Waals surface area contributed by atoms with Gasteiger partial charge in [0.05, 0.1) is 28.7 Å². The summed E-state index contributed by atoms with van der Waals surface area (Å²) in [6.07, 6.45) is 0.776. The van der Waals surface area contributed by atoms with Gasteiger partial charge in [0.25, 0.3) is 0 Å². The lowest BCUT2D eigenvalue weighted by atomic mass is 10.1. The molecule has 4 nitrogen and oxygen atoms in total. The lowest BCUT2D eigenvalue weighted by Crippen LogP contribution is -2.29. The van der Waals surface area contributed by atoms with Crippen LogP contribution in [0.25, 0.3) is 0 Å². The van der Waals surface area contributed by atoms with Crippen molar-refractivity contribution in [2.75, 3.05) is 7.11 Å². The molecule has 1 atom stereocenters. The van der Waals surface area contributed by atoms with Crippen molar-refractivity contribution in [3.63, 3.8) is 0 Å². The van der Waals surface area contributed by atoms with E-state index >= 15 is 0 Å². The molecule has 0 saturated carbocycles. The Kier molecular flexibility index (Phi) is 4.11. The van der Waals surface area contributed by atoms with E-state index in [9.17, 15) is 0 Å². The Labute approximate surface area is 108 Å². The van der Waals surface area contributed by atoms with Crippen molar-refractivity contribution in [1.82, 2.24) is 10.4 Å². The van der Waals surface area contributed by atoms with Gasteiger partial charge in [-0.05, 0) is 18.4 Å². The van der Waals surface area contributed by atoms with E-state index in [4.69, 9.17) is 10.6 Å². The molecule has 0 amide bonds. The summed E-state index contributed by atoms with van der Waals surface area (Å²) in [6.45, 7) is 2.00. The van der Waals surface area contributed by atoms with Crippen molar-refractivity contribution in [3.8, 4) is 5.75 Å². The van der Waals surface area contributed by atoms with E-state index in [1.165, 1.54) is 0 Å². The number of aromatic nitrogens is 1. The zero-order chi connectivity index (χ0) is 12.3. The summed E-state index contributed by atoms with van der Waals surface area (Å²) in [5.74, 6) is 6.50. The Bertz CT molecular complexity index is 481. The highest BCUT2D eigenvalue weighted by Gasteiger charge is 2.18. The number of hydrazine groups is 1. The second-order valence-corrected chi connectivity index (χ2v) is 5.64. The van der Waals surface area contributed by atoms with E-state index in [1.807, 2.05) is 18.4 Å². The largest absolute Gasteiger partial charge is 0.496 e. The van der Waals surface area contributed by atoms with Crippen LogP contribution in [0.5, 0.6) is 5.75 Å². The molecule has 0 spiro atoms. The number of thiazole rings is 1. The van der Waals surface area contributed by atoms with Crippen molar-refractivity contribution < 1.29 is 4.74 Å². The summed E-state index contributed by atoms with van der Waals surface area (Å²) in [7, 11) is 1.67. The van der Waals surface area contributed by atoms with Crippen LogP contribution in [0.2, 0.25) is 0 Å². The second-order valence-electron chi connectivity index (χ2n) is 3.63. The zero-order valence-corrected chi connectivity index (χ0v) is 11.4. The van der Waals surface area contributed by atoms with Gasteiger partial charge in [-0.3, -0.25) is 11.3 Å². The van der Waals surface area contributed by atoms with E-state index in [2.05, 4.69) is 15.8 Å². The van der Waals surface area contributed by atoms with Crippen molar-refractivity contribution in [2.45, 2.75) is 19.4 Å². The highest BCUT2D eigenvalue weighted by Crippen LogP contribution is 2.32. The Balaban J connectivity index is 2.16. The van der Waals surface area contributed by atoms with Crippen LogP contribution in [0.3, 0.4) is 0 Å². The Morgan fingerprint density at radius 3 is 2.94 bits per heavy atom. The molecule has 2 rings (SSSR count). The van der Waals surface area contributed by atoms with Gasteiger partial charge in [-0.25, -0.2) is 4.98 Å². The lowest BCUT2D eigenvalue weighted by Gasteiger charge is -2.14. The van der Waals surface area contributed by atoms with Crippen molar-refractivity contribution in [1.29, 1.82) is 0 Å². The first-order chi connectivity index (χ1) is 8.24. The smallest absolute Gasteiger partial charge is 0.134 e. The summed E-state index contributed by atoms with van der Waals surface area (Å²) < 4.78 is 5.31. The lowest BCUT2D eigenvalue weighted by molar-refractivity contribution is 0.403. The standard InChI is InChI=1S/C11H15N3OS2/c1-7-13-8(6-17-7)5-9(14-12)11-10(15-2)3-4-16-11/h3-4,6,9,14H,5,12H2,1-2H3. The molecular weight excluding hydrogens is 254 g/mol. The van der Waals surface area contributed by atoms with Gasteiger partial charge in [-0.15, -0.1) is 22.7 Å². The first-order valence-corrected chi connectivity index (χ1v) is 6.99. The molecule has 0 fully saturated rings. The van der Waals surface area contributed by atoms with Crippen LogP contribution >= 0.6 is 22.7 Å². The van der Waals surface area contributed by atoms with Crippen LogP contribution in [0.1, 0.15) is 21.6 Å². The number of hydrogen-bond donors (Lipinski definition) is 2. The molecule has 3 N–H and O–H groups in total. The van der Waals surface area contributed by atoms with Crippen LogP contribution in [-0.2, 0) is 6.42 Å². The molecule has 0 saturated heterocycles. The van der Waals surface area contributed by atoms with E-state index in [-0.39, 0.29) is 6.04 Å². The normalized spacial score (nSPS) is 12.6. The van der Waals surface area contributed by atoms with Crippen LogP contribution in [-0.4, -0.2) is 12.1 Å². The fraction of sp³-hybridized carbons (Fsp3) is 0.364. The first-order valence-electron chi connectivity index (χ1n) is 5.23. The van der Waals surface area contributed by atoms with Gasteiger partial charge in [-0.2, -0.15) is 0 Å². The highest BCUT2D eigenvalue weighted by molar-refractivity contribution is 7.10. The summed E-state index contributed by atoms with van der Waals surface area (Å²) in [4.78, 5) is 5.56. The highest BCUT2D eigenvalue weighted by atomic mass is 32.1. The van der Waals surface area contributed by atoms with Gasteiger partial charge in [-0.1, -0.05) is 0 Å². The molecule has 0 bridgehead atoms. The zero-order valence-electron chi connectivity index (χ0n) is 9.77. The summed E-state index contributed by atoms with van der Waals surface area (Å²) >= 11 is 3.30. The Morgan fingerprint density at radius 2 is 2.35 bits per heavy atom. The van der Waals surface area contributed by atoms with Crippen LogP contribution in [0, 0.1) is 6.92 Å². The number of nitrogens with zero attached hydrogens (tertiary/aromatic N) is 1. The molecule has 0 aliphatic rings. The maximum absolute atomic E-state index is 5.62. The van der Waals surface area contributed by atoms with E-state index in [1.54, 1.807) is 29.8 Å². The van der Waals surface area contributed by atoms with Gasteiger partial charge in [0.2, 0.25) is 0 Å². The number of ether oxygens (including phenoxy) is 1. The predicted molar refractivity (Wildman–Crippen MR) is 71.5 cm³/mol. The number of nitrogens with two attached hydrogens (primary N) is 1. The molecule has 1 unspecified atom stereocenters. The SMILES string of the molecule is COc1ccsc1C(Cc1csc(C)n1)NN. The molecule has 17 heavy (non-hydrogen) atoms. The maximum atomic E-state index is 5.62. The predicted octanol–water partition coefficient (Wildman–Crippen LogP) is 2.27. The number of thiophene rings is 1. The molecule has 6 heteroatoms. The quantitative estimate of drug-likeness (QED) is 0.646. The average molecular weight is 269 g/mol. The minimum atomic E-state index is 0.0476. The minimum Gasteiger partial charge on any atom is -0.496 e. The summed E-state index contributed by atoms with van der Waals surface area (Å²) in [5, 5.41) is 5.15. The molecule has 0 aliphatic carbocycles. The molecular formula is C11H15N3OS2. The van der Waals surface area contributed by atoms with Gasteiger partial charge in [0.1, 0.15) is 5.75 Å². The average Bonchev–Trinajstić information content (AvgIpc) is 2.94. The van der Waals surface area contributed by atoms with E-state index in [0.29, 0.717) is 0 Å². The number of hydrogen-bond acceptors (Lipinski definition) is 6. The van der Waals surface area contributed by atoms with Gasteiger partial charge in [0, 0.05) is 11.8 Å². The molecule has 0 aliphatic heterocycles. The third-order valence-corrected chi connectivity index (χ3v) is 4.31. The molecule has 2 aromatic rings. The Hall–Kier alpha value is -0.950. The number of methoxy groups -OCH3 is 1. The third kappa shape index (κ3) is 2.84. The topological polar surface area (TPSA) is 60.2 Å². The fourth-order valence-electron chi connectivity index (χ4n) is 1.67. The van der Waals surface area contributed by atoms with Crippen LogP contribution in [0.4, 0.5) is 0 Å². The van der Waals surface area contributed by atoms with E-state index in [0.717, 1.165) is 27.7 Å². The molecule has 92 valence electrons. The number of rotatable bonds is 5. The second kappa shape index (κ2) is 5.59. The monoisotopic (exact) mass is 269 g/mol. The summed E-state index contributed by atoms with van der Waals surface area (Å²) in [5.41, 5.74) is 3.89.